The van der Waals surface area contributed by atoms with Crippen LogP contribution < -0.4 is 9.91 Å². The fraction of sp³-hybridized carbons (Fsp3) is 0.424. The van der Waals surface area contributed by atoms with Crippen molar-refractivity contribution in [2.75, 3.05) is 57.5 Å². The van der Waals surface area contributed by atoms with E-state index in [9.17, 15) is 8.78 Å². The second-order valence-electron chi connectivity index (χ2n) is 10.4. The molecule has 1 fully saturated rings. The van der Waals surface area contributed by atoms with E-state index in [0.29, 0.717) is 12.0 Å². The number of benzene rings is 3. The summed E-state index contributed by atoms with van der Waals surface area (Å²) in [5, 5.41) is 6.92. The topological polar surface area (TPSA) is 18.8 Å². The van der Waals surface area contributed by atoms with E-state index in [2.05, 4.69) is 64.5 Å². The minimum absolute atomic E-state index is 0.0208. The standard InChI is InChI=1S/C33H39F2N3S3/c34-30-15-12-27(24-31(30)35)32-25-33(38(36-32)29-8-2-1-3-9-29)26-10-13-28(14-11-26)37-16-4-18-39-20-6-22-41-23-7-21-40-19-5-17-37/h1-3,8-15,24,33H,4-7,16-23,25H2/t33-/m0/s1. The number of hydrogen-bond acceptors (Lipinski definition) is 6. The summed E-state index contributed by atoms with van der Waals surface area (Å²) in [6.45, 7) is 2.16. The van der Waals surface area contributed by atoms with Crippen molar-refractivity contribution in [3.63, 3.8) is 0 Å². The number of hydrazone groups is 1. The Bertz CT molecular complexity index is 1240. The minimum atomic E-state index is -0.844. The number of anilines is 2. The van der Waals surface area contributed by atoms with E-state index in [-0.39, 0.29) is 6.04 Å². The van der Waals surface area contributed by atoms with E-state index in [1.54, 1.807) is 6.07 Å². The van der Waals surface area contributed by atoms with Gasteiger partial charge in [0.2, 0.25) is 0 Å². The molecule has 8 heteroatoms. The van der Waals surface area contributed by atoms with Crippen LogP contribution in [0.5, 0.6) is 0 Å². The minimum Gasteiger partial charge on any atom is -0.371 e. The molecule has 5 rings (SSSR count). The first-order valence-corrected chi connectivity index (χ1v) is 18.1. The highest BCUT2D eigenvalue weighted by Crippen LogP contribution is 2.37. The predicted octanol–water partition coefficient (Wildman–Crippen LogP) is 8.90. The Labute approximate surface area is 256 Å². The third kappa shape index (κ3) is 8.68. The Morgan fingerprint density at radius 3 is 1.85 bits per heavy atom. The smallest absolute Gasteiger partial charge is 0.159 e. The van der Waals surface area contributed by atoms with Crippen molar-refractivity contribution in [3.8, 4) is 0 Å². The third-order valence-corrected chi connectivity index (χ3v) is 10.9. The molecule has 0 spiro atoms. The fourth-order valence-electron chi connectivity index (χ4n) is 5.26. The second-order valence-corrected chi connectivity index (χ2v) is 14.1. The van der Waals surface area contributed by atoms with Gasteiger partial charge in [0.15, 0.2) is 11.6 Å². The lowest BCUT2D eigenvalue weighted by Gasteiger charge is -2.27. The Morgan fingerprint density at radius 1 is 0.634 bits per heavy atom. The van der Waals surface area contributed by atoms with E-state index < -0.39 is 11.6 Å². The molecule has 0 N–H and O–H groups in total. The van der Waals surface area contributed by atoms with Crippen molar-refractivity contribution in [2.24, 2.45) is 5.10 Å². The molecule has 3 nitrogen and oxygen atoms in total. The molecule has 218 valence electrons. The Hall–Kier alpha value is -2.16. The molecule has 0 aromatic heterocycles. The van der Waals surface area contributed by atoms with Crippen molar-refractivity contribution in [1.29, 1.82) is 0 Å². The molecule has 1 saturated heterocycles. The highest BCUT2D eigenvalue weighted by atomic mass is 32.2. The lowest BCUT2D eigenvalue weighted by molar-refractivity contribution is 0.508. The van der Waals surface area contributed by atoms with Gasteiger partial charge >= 0.3 is 0 Å². The Kier molecular flexibility index (Phi) is 11.7. The van der Waals surface area contributed by atoms with Crippen LogP contribution in [-0.2, 0) is 0 Å². The lowest BCUT2D eigenvalue weighted by atomic mass is 9.97. The zero-order chi connectivity index (χ0) is 28.3. The highest BCUT2D eigenvalue weighted by Gasteiger charge is 2.30. The highest BCUT2D eigenvalue weighted by molar-refractivity contribution is 8.00. The van der Waals surface area contributed by atoms with Gasteiger partial charge in [-0.1, -0.05) is 30.3 Å². The first kappa shape index (κ1) is 30.3. The van der Waals surface area contributed by atoms with Gasteiger partial charge in [0, 0.05) is 30.8 Å². The molecule has 2 heterocycles. The van der Waals surface area contributed by atoms with E-state index in [4.69, 9.17) is 5.10 Å². The van der Waals surface area contributed by atoms with Crippen LogP contribution >= 0.6 is 35.3 Å². The molecule has 3 aromatic carbocycles. The van der Waals surface area contributed by atoms with Gasteiger partial charge in [-0.2, -0.15) is 40.4 Å². The van der Waals surface area contributed by atoms with Gasteiger partial charge in [-0.25, -0.2) is 8.78 Å². The predicted molar refractivity (Wildman–Crippen MR) is 178 cm³/mol. The van der Waals surface area contributed by atoms with E-state index >= 15 is 0 Å². The molecule has 0 aliphatic carbocycles. The van der Waals surface area contributed by atoms with Gasteiger partial charge in [-0.15, -0.1) is 0 Å². The fourth-order valence-corrected chi connectivity index (χ4v) is 8.30. The van der Waals surface area contributed by atoms with E-state index in [0.717, 1.165) is 30.1 Å². The Balaban J connectivity index is 1.31. The number of hydrogen-bond donors (Lipinski definition) is 0. The van der Waals surface area contributed by atoms with Crippen LogP contribution in [-0.4, -0.2) is 53.3 Å². The molecule has 2 aliphatic heterocycles. The summed E-state index contributed by atoms with van der Waals surface area (Å²) in [5.74, 6) is 5.88. The van der Waals surface area contributed by atoms with Gasteiger partial charge in [-0.05, 0) is 108 Å². The summed E-state index contributed by atoms with van der Waals surface area (Å²) in [6, 6.07) is 23.1. The van der Waals surface area contributed by atoms with Crippen LogP contribution in [0, 0.1) is 11.6 Å². The second kappa shape index (κ2) is 15.9. The summed E-state index contributed by atoms with van der Waals surface area (Å²) < 4.78 is 27.7. The molecule has 0 radical (unpaired) electrons. The molecule has 1 atom stereocenters. The van der Waals surface area contributed by atoms with Crippen molar-refractivity contribution >= 4 is 52.4 Å². The molecular formula is C33H39F2N3S3. The maximum Gasteiger partial charge on any atom is 0.159 e. The molecule has 41 heavy (non-hydrogen) atoms. The Morgan fingerprint density at radius 2 is 1.24 bits per heavy atom. The van der Waals surface area contributed by atoms with Gasteiger partial charge < -0.3 is 4.90 Å². The van der Waals surface area contributed by atoms with Crippen LogP contribution in [0.25, 0.3) is 0 Å². The van der Waals surface area contributed by atoms with Crippen molar-refractivity contribution in [3.05, 3.63) is 95.6 Å². The van der Waals surface area contributed by atoms with Crippen LogP contribution in [0.4, 0.5) is 20.2 Å². The van der Waals surface area contributed by atoms with Crippen molar-refractivity contribution < 1.29 is 8.78 Å². The van der Waals surface area contributed by atoms with E-state index in [1.165, 1.54) is 78.0 Å². The molecular weight excluding hydrogens is 573 g/mol. The number of nitrogens with zero attached hydrogens (tertiary/aromatic N) is 3. The molecule has 0 amide bonds. The maximum atomic E-state index is 14.1. The summed E-state index contributed by atoms with van der Waals surface area (Å²) >= 11 is 6.32. The van der Waals surface area contributed by atoms with Crippen LogP contribution in [0.3, 0.4) is 0 Å². The lowest BCUT2D eigenvalue weighted by Crippen LogP contribution is -2.26. The largest absolute Gasteiger partial charge is 0.371 e. The van der Waals surface area contributed by atoms with Gasteiger partial charge in [0.05, 0.1) is 17.4 Å². The monoisotopic (exact) mass is 611 g/mol. The van der Waals surface area contributed by atoms with Gasteiger partial charge in [0.1, 0.15) is 0 Å². The summed E-state index contributed by atoms with van der Waals surface area (Å²) in [6.07, 6.45) is 5.65. The van der Waals surface area contributed by atoms with Crippen molar-refractivity contribution in [2.45, 2.75) is 38.1 Å². The van der Waals surface area contributed by atoms with Crippen LogP contribution in [0.2, 0.25) is 0 Å². The SMILES string of the molecule is Fc1ccc(C2=NN(c3ccccc3)[C@H](c3ccc(N4CCCSCCCSCCCSCCC4)cc3)C2)cc1F. The third-order valence-electron chi connectivity index (χ3n) is 7.42. The van der Waals surface area contributed by atoms with Crippen LogP contribution in [0.15, 0.2) is 77.9 Å². The number of para-hydroxylation sites is 1. The van der Waals surface area contributed by atoms with Gasteiger partial charge in [0.25, 0.3) is 0 Å². The zero-order valence-electron chi connectivity index (χ0n) is 23.5. The zero-order valence-corrected chi connectivity index (χ0v) is 26.0. The molecule has 2 aliphatic rings. The average molecular weight is 612 g/mol. The van der Waals surface area contributed by atoms with Gasteiger partial charge in [-0.3, -0.25) is 5.01 Å². The first-order valence-electron chi connectivity index (χ1n) is 14.6. The first-order chi connectivity index (χ1) is 20.2. The average Bonchev–Trinajstić information content (AvgIpc) is 3.45. The normalized spacial score (nSPS) is 20.1. The summed E-state index contributed by atoms with van der Waals surface area (Å²) in [5.41, 5.74) is 4.80. The van der Waals surface area contributed by atoms with Crippen LogP contribution in [0.1, 0.15) is 49.3 Å². The molecule has 0 saturated carbocycles. The number of thioether (sulfide) groups is 3. The molecule has 0 unspecified atom stereocenters. The summed E-state index contributed by atoms with van der Waals surface area (Å²) in [7, 11) is 0. The van der Waals surface area contributed by atoms with E-state index in [1.807, 2.05) is 35.3 Å². The molecule has 3 aromatic rings. The number of rotatable bonds is 4. The van der Waals surface area contributed by atoms with Crippen molar-refractivity contribution in [1.82, 2.24) is 0 Å². The molecule has 0 bridgehead atoms. The quantitative estimate of drug-likeness (QED) is 0.293. The summed E-state index contributed by atoms with van der Waals surface area (Å²) in [4.78, 5) is 2.56. The maximum absolute atomic E-state index is 14.1. The number of halogens is 2.